The Kier molecular flexibility index (Phi) is 7.10. The van der Waals surface area contributed by atoms with Crippen LogP contribution in [0, 0.1) is 0 Å². The fourth-order valence-corrected chi connectivity index (χ4v) is 4.47. The lowest BCUT2D eigenvalue weighted by atomic mass is 10.1. The number of benzene rings is 2. The van der Waals surface area contributed by atoms with Gasteiger partial charge in [-0.05, 0) is 41.5 Å². The largest absolute Gasteiger partial charge is 0.508 e. The average Bonchev–Trinajstić information content (AvgIpc) is 3.23. The Morgan fingerprint density at radius 3 is 2.55 bits per heavy atom. The number of H-pyrrole nitrogens is 1. The molecule has 0 fully saturated rings. The van der Waals surface area contributed by atoms with Crippen molar-refractivity contribution in [2.24, 2.45) is 0 Å². The number of rotatable bonds is 8. The van der Waals surface area contributed by atoms with E-state index >= 15 is 0 Å². The van der Waals surface area contributed by atoms with Crippen molar-refractivity contribution in [3.63, 3.8) is 0 Å². The van der Waals surface area contributed by atoms with Crippen molar-refractivity contribution in [3.05, 3.63) is 97.6 Å². The summed E-state index contributed by atoms with van der Waals surface area (Å²) in [6, 6.07) is 15.3. The van der Waals surface area contributed by atoms with Crippen molar-refractivity contribution >= 4 is 39.1 Å². The van der Waals surface area contributed by atoms with Gasteiger partial charge in [-0.1, -0.05) is 35.9 Å². The maximum Gasteiger partial charge on any atom is 0.257 e. The molecule has 0 aliphatic carbocycles. The lowest BCUT2D eigenvalue weighted by Gasteiger charge is -2.11. The molecule has 0 radical (unpaired) electrons. The first-order chi connectivity index (χ1) is 15.9. The van der Waals surface area contributed by atoms with Crippen molar-refractivity contribution in [2.75, 3.05) is 6.54 Å². The number of aromatic nitrogens is 1. The first-order valence-corrected chi connectivity index (χ1v) is 11.4. The van der Waals surface area contributed by atoms with Gasteiger partial charge in [-0.15, -0.1) is 11.3 Å². The molecule has 7 nitrogen and oxygen atoms in total. The minimum atomic E-state index is -0.724. The van der Waals surface area contributed by atoms with Gasteiger partial charge in [-0.2, -0.15) is 0 Å². The van der Waals surface area contributed by atoms with Crippen molar-refractivity contribution in [1.82, 2.24) is 15.6 Å². The second-order valence-electron chi connectivity index (χ2n) is 7.53. The molecule has 1 atom stereocenters. The normalized spacial score (nSPS) is 12.1. The number of nitrogens with one attached hydrogen (secondary N) is 3. The third kappa shape index (κ3) is 5.61. The number of phenols is 1. The Bertz CT molecular complexity index is 1320. The highest BCUT2D eigenvalue weighted by atomic mass is 35.5. The molecule has 9 heteroatoms. The summed E-state index contributed by atoms with van der Waals surface area (Å²) >= 11 is 7.29. The lowest BCUT2D eigenvalue weighted by Crippen LogP contribution is -2.28. The van der Waals surface area contributed by atoms with Crippen LogP contribution in [0.15, 0.2) is 65.6 Å². The van der Waals surface area contributed by atoms with E-state index in [1.54, 1.807) is 30.3 Å². The molecule has 0 saturated carbocycles. The number of carbonyl (C=O) groups excluding carboxylic acids is 1. The summed E-state index contributed by atoms with van der Waals surface area (Å²) in [6.45, 7) is 1.06. The van der Waals surface area contributed by atoms with Crippen LogP contribution in [0.3, 0.4) is 0 Å². The molecule has 0 aliphatic heterocycles. The molecule has 4 aromatic rings. The van der Waals surface area contributed by atoms with Crippen molar-refractivity contribution < 1.29 is 15.0 Å². The van der Waals surface area contributed by atoms with E-state index in [1.807, 2.05) is 12.1 Å². The predicted molar refractivity (Wildman–Crippen MR) is 130 cm³/mol. The Hall–Kier alpha value is -3.17. The molecule has 4 rings (SSSR count). The van der Waals surface area contributed by atoms with E-state index in [2.05, 4.69) is 15.6 Å². The number of aliphatic hydroxyl groups excluding tert-OH is 1. The standard InChI is InChI=1S/C24H22ClN3O4S/c25-16-5-1-14(2-6-16)10-27-23(32)20-12-28-24-19(22(20)31)9-18(33-24)11-26-13-21(30)15-3-7-17(29)8-4-15/h1-9,12,21,26,29-30H,10-11,13H2,(H,27,32)(H,28,31). The van der Waals surface area contributed by atoms with Crippen LogP contribution in [0.1, 0.15) is 32.5 Å². The molecular weight excluding hydrogens is 462 g/mol. The molecule has 0 saturated heterocycles. The van der Waals surface area contributed by atoms with Gasteiger partial charge in [0.05, 0.1) is 11.5 Å². The SMILES string of the molecule is O=C(NCc1ccc(Cl)cc1)c1c[nH]c2sc(CNCC(O)c3ccc(O)cc3)cc2c1=O. The molecule has 0 spiro atoms. The summed E-state index contributed by atoms with van der Waals surface area (Å²) in [5.41, 5.74) is 1.30. The Morgan fingerprint density at radius 2 is 1.82 bits per heavy atom. The van der Waals surface area contributed by atoms with Crippen LogP contribution in [-0.4, -0.2) is 27.6 Å². The molecular formula is C24H22ClN3O4S. The van der Waals surface area contributed by atoms with E-state index < -0.39 is 12.0 Å². The third-order valence-electron chi connectivity index (χ3n) is 5.15. The quantitative estimate of drug-likeness (QED) is 0.262. The predicted octanol–water partition coefficient (Wildman–Crippen LogP) is 3.70. The van der Waals surface area contributed by atoms with Gasteiger partial charge in [0.25, 0.3) is 5.91 Å². The van der Waals surface area contributed by atoms with Gasteiger partial charge in [0.2, 0.25) is 5.43 Å². The van der Waals surface area contributed by atoms with Gasteiger partial charge in [-0.3, -0.25) is 9.59 Å². The Labute approximate surface area is 198 Å². The summed E-state index contributed by atoms with van der Waals surface area (Å²) in [4.78, 5) is 30.0. The van der Waals surface area contributed by atoms with Gasteiger partial charge in [0.1, 0.15) is 16.1 Å². The highest BCUT2D eigenvalue weighted by molar-refractivity contribution is 7.18. The van der Waals surface area contributed by atoms with Crippen LogP contribution in [0.2, 0.25) is 5.02 Å². The number of phenolic OH excluding ortho intramolecular Hbond substituents is 1. The number of hydrogen-bond acceptors (Lipinski definition) is 6. The van der Waals surface area contributed by atoms with E-state index in [0.29, 0.717) is 33.9 Å². The molecule has 2 heterocycles. The maximum atomic E-state index is 12.9. The zero-order chi connectivity index (χ0) is 23.4. The zero-order valence-electron chi connectivity index (χ0n) is 17.5. The second-order valence-corrected chi connectivity index (χ2v) is 9.11. The van der Waals surface area contributed by atoms with Crippen molar-refractivity contribution in [1.29, 1.82) is 0 Å². The van der Waals surface area contributed by atoms with E-state index in [-0.39, 0.29) is 23.3 Å². The molecule has 5 N–H and O–H groups in total. The molecule has 1 unspecified atom stereocenters. The summed E-state index contributed by atoms with van der Waals surface area (Å²) in [5, 5.41) is 26.6. The minimum absolute atomic E-state index is 0.0523. The van der Waals surface area contributed by atoms with Gasteiger partial charge in [0, 0.05) is 35.7 Å². The average molecular weight is 484 g/mol. The summed E-state index contributed by atoms with van der Waals surface area (Å²) in [5.74, 6) is -0.303. The zero-order valence-corrected chi connectivity index (χ0v) is 19.0. The number of aliphatic hydroxyl groups is 1. The van der Waals surface area contributed by atoms with Gasteiger partial charge in [-0.25, -0.2) is 0 Å². The number of amides is 1. The van der Waals surface area contributed by atoms with E-state index in [4.69, 9.17) is 11.6 Å². The molecule has 170 valence electrons. The number of hydrogen-bond donors (Lipinski definition) is 5. The van der Waals surface area contributed by atoms with Gasteiger partial charge >= 0.3 is 0 Å². The van der Waals surface area contributed by atoms with Crippen LogP contribution in [-0.2, 0) is 13.1 Å². The van der Waals surface area contributed by atoms with Crippen molar-refractivity contribution in [3.8, 4) is 5.75 Å². The van der Waals surface area contributed by atoms with Gasteiger partial charge < -0.3 is 25.8 Å². The molecule has 1 amide bonds. The van der Waals surface area contributed by atoms with Crippen LogP contribution < -0.4 is 16.1 Å². The summed E-state index contributed by atoms with van der Waals surface area (Å²) in [6.07, 6.45) is 0.710. The topological polar surface area (TPSA) is 114 Å². The number of fused-ring (bicyclic) bond motifs is 1. The first kappa shape index (κ1) is 23.0. The molecule has 2 aromatic heterocycles. The van der Waals surface area contributed by atoms with Crippen LogP contribution in [0.25, 0.3) is 10.2 Å². The fraction of sp³-hybridized carbons (Fsp3) is 0.167. The first-order valence-electron chi connectivity index (χ1n) is 10.2. The second kappa shape index (κ2) is 10.2. The van der Waals surface area contributed by atoms with Gasteiger partial charge in [0.15, 0.2) is 0 Å². The molecule has 0 bridgehead atoms. The summed E-state index contributed by atoms with van der Waals surface area (Å²) in [7, 11) is 0. The van der Waals surface area contributed by atoms with Crippen LogP contribution in [0.4, 0.5) is 0 Å². The number of pyridine rings is 1. The highest BCUT2D eigenvalue weighted by Gasteiger charge is 2.15. The van der Waals surface area contributed by atoms with Crippen LogP contribution >= 0.6 is 22.9 Å². The Balaban J connectivity index is 1.39. The monoisotopic (exact) mass is 483 g/mol. The number of aromatic hydroxyl groups is 1. The third-order valence-corrected chi connectivity index (χ3v) is 6.46. The van der Waals surface area contributed by atoms with E-state index in [9.17, 15) is 19.8 Å². The maximum absolute atomic E-state index is 12.9. The lowest BCUT2D eigenvalue weighted by molar-refractivity contribution is 0.0949. The minimum Gasteiger partial charge on any atom is -0.508 e. The molecule has 0 aliphatic rings. The molecule has 33 heavy (non-hydrogen) atoms. The van der Waals surface area contributed by atoms with Crippen molar-refractivity contribution in [2.45, 2.75) is 19.2 Å². The number of thiophene rings is 1. The smallest absolute Gasteiger partial charge is 0.257 e. The Morgan fingerprint density at radius 1 is 1.09 bits per heavy atom. The highest BCUT2D eigenvalue weighted by Crippen LogP contribution is 2.22. The van der Waals surface area contributed by atoms with E-state index in [0.717, 1.165) is 10.4 Å². The molecule has 2 aromatic carbocycles. The number of carbonyl (C=O) groups is 1. The fourth-order valence-electron chi connectivity index (χ4n) is 3.35. The number of aromatic amines is 1. The summed E-state index contributed by atoms with van der Waals surface area (Å²) < 4.78 is 0. The van der Waals surface area contributed by atoms with E-state index in [1.165, 1.54) is 29.7 Å². The number of halogens is 1. The van der Waals surface area contributed by atoms with Crippen LogP contribution in [0.5, 0.6) is 5.75 Å².